The summed E-state index contributed by atoms with van der Waals surface area (Å²) in [5, 5.41) is 0. The number of carbonyl (C=O) groups excluding carboxylic acids is 1. The first-order valence-electron chi connectivity index (χ1n) is 5.25. The van der Waals surface area contributed by atoms with Gasteiger partial charge in [0.15, 0.2) is 0 Å². The summed E-state index contributed by atoms with van der Waals surface area (Å²) >= 11 is 0. The second-order valence-corrected chi connectivity index (χ2v) is 3.97. The highest BCUT2D eigenvalue weighted by Crippen LogP contribution is 2.45. The first-order chi connectivity index (χ1) is 7.47. The van der Waals surface area contributed by atoms with Crippen LogP contribution in [0.4, 0.5) is 14.5 Å². The quantitative estimate of drug-likeness (QED) is 0.719. The lowest BCUT2D eigenvalue weighted by atomic mass is 10.0. The Morgan fingerprint density at radius 1 is 1.50 bits per heavy atom. The van der Waals surface area contributed by atoms with E-state index in [0.717, 1.165) is 4.90 Å². The number of alkyl halides is 2. The summed E-state index contributed by atoms with van der Waals surface area (Å²) in [4.78, 5) is 12.4. The molecule has 0 radical (unpaired) electrons. The topological polar surface area (TPSA) is 20.3 Å². The van der Waals surface area contributed by atoms with Gasteiger partial charge in [-0.3, -0.25) is 4.79 Å². The van der Waals surface area contributed by atoms with Crippen molar-refractivity contribution >= 4 is 11.6 Å². The number of aryl methyl sites for hydroxylation is 1. The van der Waals surface area contributed by atoms with Gasteiger partial charge >= 0.3 is 0 Å². The fraction of sp³-hybridized carbons (Fsp3) is 0.417. The highest BCUT2D eigenvalue weighted by molar-refractivity contribution is 5.94. The molecule has 0 atom stereocenters. The molecule has 0 unspecified atom stereocenters. The number of hydrogen-bond donors (Lipinski definition) is 0. The maximum Gasteiger partial charge on any atom is 0.293 e. The largest absolute Gasteiger partial charge is 0.306 e. The number of carbonyl (C=O) groups is 1. The Hall–Kier alpha value is -1.45. The molecule has 16 heavy (non-hydrogen) atoms. The van der Waals surface area contributed by atoms with Gasteiger partial charge in [0.05, 0.1) is 12.2 Å². The summed E-state index contributed by atoms with van der Waals surface area (Å²) in [6, 6.07) is 4.99. The van der Waals surface area contributed by atoms with Crippen molar-refractivity contribution in [1.82, 2.24) is 0 Å². The molecule has 1 aliphatic rings. The summed E-state index contributed by atoms with van der Waals surface area (Å²) in [6.07, 6.45) is 0.546. The number of halogens is 2. The van der Waals surface area contributed by atoms with Crippen molar-refractivity contribution < 1.29 is 13.6 Å². The van der Waals surface area contributed by atoms with Crippen LogP contribution in [0.5, 0.6) is 0 Å². The Kier molecular flexibility index (Phi) is 2.45. The Balaban J connectivity index is 2.62. The lowest BCUT2D eigenvalue weighted by molar-refractivity contribution is -0.117. The number of rotatable bonds is 1. The Morgan fingerprint density at radius 2 is 2.19 bits per heavy atom. The van der Waals surface area contributed by atoms with Crippen LogP contribution in [0.15, 0.2) is 18.2 Å². The van der Waals surface area contributed by atoms with Crippen molar-refractivity contribution in [2.24, 2.45) is 0 Å². The predicted octanol–water partition coefficient (Wildman–Crippen LogP) is 2.71. The second kappa shape index (κ2) is 3.54. The third-order valence-electron chi connectivity index (χ3n) is 2.90. The zero-order valence-corrected chi connectivity index (χ0v) is 9.26. The van der Waals surface area contributed by atoms with E-state index in [1.54, 1.807) is 18.2 Å². The molecule has 1 aliphatic heterocycles. The molecule has 0 spiro atoms. The van der Waals surface area contributed by atoms with Crippen LogP contribution in [0, 0.1) is 0 Å². The molecule has 2 nitrogen and oxygen atoms in total. The lowest BCUT2D eigenvalue weighted by Gasteiger charge is -2.14. The molecule has 0 aliphatic carbocycles. The maximum atomic E-state index is 13.8. The van der Waals surface area contributed by atoms with Gasteiger partial charge in [-0.1, -0.05) is 19.1 Å². The molecule has 0 saturated carbocycles. The molecule has 0 bridgehead atoms. The van der Waals surface area contributed by atoms with E-state index in [-0.39, 0.29) is 11.5 Å². The van der Waals surface area contributed by atoms with E-state index in [1.807, 2.05) is 6.92 Å². The summed E-state index contributed by atoms with van der Waals surface area (Å²) < 4.78 is 27.6. The van der Waals surface area contributed by atoms with E-state index in [4.69, 9.17) is 0 Å². The van der Waals surface area contributed by atoms with Gasteiger partial charge in [-0.15, -0.1) is 0 Å². The highest BCUT2D eigenvalue weighted by Gasteiger charge is 2.46. The number of anilines is 1. The molecule has 0 N–H and O–H groups in total. The molecule has 1 aromatic carbocycles. The molecule has 0 saturated heterocycles. The van der Waals surface area contributed by atoms with E-state index < -0.39 is 12.5 Å². The summed E-state index contributed by atoms with van der Waals surface area (Å²) in [7, 11) is 0. The van der Waals surface area contributed by atoms with Crippen molar-refractivity contribution in [2.75, 3.05) is 11.4 Å². The summed E-state index contributed by atoms with van der Waals surface area (Å²) in [5.74, 6) is -3.26. The van der Waals surface area contributed by atoms with Gasteiger partial charge in [0.1, 0.15) is 0 Å². The molecule has 0 aromatic heterocycles. The van der Waals surface area contributed by atoms with Crippen LogP contribution < -0.4 is 4.90 Å². The Morgan fingerprint density at radius 3 is 2.75 bits per heavy atom. The second-order valence-electron chi connectivity index (χ2n) is 3.97. The minimum atomic E-state index is -2.92. The molecule has 1 heterocycles. The minimum Gasteiger partial charge on any atom is -0.306 e. The van der Waals surface area contributed by atoms with E-state index in [1.165, 1.54) is 6.92 Å². The first kappa shape index (κ1) is 11.0. The maximum absolute atomic E-state index is 13.8. The smallest absolute Gasteiger partial charge is 0.293 e. The molecular formula is C12H13F2NO. The average Bonchev–Trinajstić information content (AvgIpc) is 2.51. The van der Waals surface area contributed by atoms with E-state index in [9.17, 15) is 13.6 Å². The Labute approximate surface area is 92.9 Å². The molecule has 4 heteroatoms. The summed E-state index contributed by atoms with van der Waals surface area (Å²) in [5.41, 5.74) is 0.996. The monoisotopic (exact) mass is 225 g/mol. The van der Waals surface area contributed by atoms with Crippen LogP contribution in [0.2, 0.25) is 0 Å². The van der Waals surface area contributed by atoms with Gasteiger partial charge in [0, 0.05) is 12.5 Å². The van der Waals surface area contributed by atoms with Gasteiger partial charge in [0.25, 0.3) is 5.92 Å². The predicted molar refractivity (Wildman–Crippen MR) is 57.7 cm³/mol. The Bertz CT molecular complexity index is 443. The fourth-order valence-corrected chi connectivity index (χ4v) is 2.17. The van der Waals surface area contributed by atoms with Gasteiger partial charge in [-0.05, 0) is 18.1 Å². The molecule has 0 fully saturated rings. The molecular weight excluding hydrogens is 212 g/mol. The van der Waals surface area contributed by atoms with Crippen LogP contribution in [0.3, 0.4) is 0 Å². The van der Waals surface area contributed by atoms with Gasteiger partial charge in [-0.25, -0.2) is 0 Å². The summed E-state index contributed by atoms with van der Waals surface area (Å²) in [6.45, 7) is 2.61. The van der Waals surface area contributed by atoms with Gasteiger partial charge in [-0.2, -0.15) is 8.78 Å². The molecule has 1 amide bonds. The molecule has 2 rings (SSSR count). The van der Waals surface area contributed by atoms with Crippen LogP contribution in [-0.4, -0.2) is 12.5 Å². The molecule has 86 valence electrons. The van der Waals surface area contributed by atoms with Crippen LogP contribution in [0.25, 0.3) is 0 Å². The van der Waals surface area contributed by atoms with E-state index >= 15 is 0 Å². The zero-order chi connectivity index (χ0) is 11.9. The van der Waals surface area contributed by atoms with E-state index in [0.29, 0.717) is 17.7 Å². The van der Waals surface area contributed by atoms with Gasteiger partial charge in [0.2, 0.25) is 5.91 Å². The number of benzene rings is 1. The average molecular weight is 225 g/mol. The van der Waals surface area contributed by atoms with Crippen molar-refractivity contribution in [3.05, 3.63) is 29.3 Å². The van der Waals surface area contributed by atoms with Crippen molar-refractivity contribution in [1.29, 1.82) is 0 Å². The third kappa shape index (κ3) is 1.49. The van der Waals surface area contributed by atoms with E-state index in [2.05, 4.69) is 0 Å². The van der Waals surface area contributed by atoms with Crippen LogP contribution >= 0.6 is 0 Å². The minimum absolute atomic E-state index is 0.0210. The number of amides is 1. The zero-order valence-electron chi connectivity index (χ0n) is 9.26. The number of fused-ring (bicyclic) bond motifs is 1. The highest BCUT2D eigenvalue weighted by atomic mass is 19.3. The standard InChI is InChI=1S/C12H13F2NO/c1-3-9-5-4-6-10-11(9)12(13,14)7-15(10)8(2)16/h4-6H,3,7H2,1-2H3. The normalized spacial score (nSPS) is 17.4. The van der Waals surface area contributed by atoms with Gasteiger partial charge < -0.3 is 4.90 Å². The van der Waals surface area contributed by atoms with Crippen molar-refractivity contribution in [2.45, 2.75) is 26.2 Å². The van der Waals surface area contributed by atoms with Crippen LogP contribution in [-0.2, 0) is 17.1 Å². The number of hydrogen-bond acceptors (Lipinski definition) is 1. The van der Waals surface area contributed by atoms with Crippen molar-refractivity contribution in [3.63, 3.8) is 0 Å². The number of nitrogens with zero attached hydrogens (tertiary/aromatic N) is 1. The molecule has 1 aromatic rings. The fourth-order valence-electron chi connectivity index (χ4n) is 2.17. The van der Waals surface area contributed by atoms with Crippen molar-refractivity contribution in [3.8, 4) is 0 Å². The van der Waals surface area contributed by atoms with Crippen LogP contribution in [0.1, 0.15) is 25.0 Å². The lowest BCUT2D eigenvalue weighted by Crippen LogP contribution is -2.30. The first-order valence-corrected chi connectivity index (χ1v) is 5.25. The SMILES string of the molecule is CCc1cccc2c1C(F)(F)CN2C(C)=O. The third-order valence-corrected chi connectivity index (χ3v) is 2.90.